The quantitative estimate of drug-likeness (QED) is 0.598. The zero-order valence-electron chi connectivity index (χ0n) is 7.92. The Labute approximate surface area is 73.9 Å². The summed E-state index contributed by atoms with van der Waals surface area (Å²) in [5.74, 6) is 1.05. The third kappa shape index (κ3) is 1.09. The molecular weight excluding hydrogens is 152 g/mol. The first-order valence-corrected chi connectivity index (χ1v) is 4.97. The Hall–Kier alpha value is -0.0800. The minimum atomic E-state index is -0.494. The monoisotopic (exact) mass is 170 g/mol. The highest BCUT2D eigenvalue weighted by molar-refractivity contribution is 5.00. The van der Waals surface area contributed by atoms with Crippen LogP contribution in [-0.4, -0.2) is 23.4 Å². The lowest BCUT2D eigenvalue weighted by molar-refractivity contribution is -0.0867. The van der Waals surface area contributed by atoms with Gasteiger partial charge in [-0.1, -0.05) is 13.8 Å². The second-order valence-electron chi connectivity index (χ2n) is 4.59. The summed E-state index contributed by atoms with van der Waals surface area (Å²) in [5.41, 5.74) is -0.494. The van der Waals surface area contributed by atoms with Crippen LogP contribution < -0.4 is 0 Å². The molecule has 1 saturated heterocycles. The summed E-state index contributed by atoms with van der Waals surface area (Å²) in [6, 6.07) is 0. The van der Waals surface area contributed by atoms with Crippen molar-refractivity contribution in [1.82, 2.24) is 0 Å². The smallest absolute Gasteiger partial charge is 0.0955 e. The van der Waals surface area contributed by atoms with Crippen molar-refractivity contribution in [2.45, 2.75) is 44.8 Å². The zero-order chi connectivity index (χ0) is 8.77. The summed E-state index contributed by atoms with van der Waals surface area (Å²) >= 11 is 0. The molecule has 2 rings (SSSR count). The van der Waals surface area contributed by atoms with Gasteiger partial charge in [-0.2, -0.15) is 0 Å². The van der Waals surface area contributed by atoms with E-state index < -0.39 is 5.60 Å². The first kappa shape index (κ1) is 8.52. The van der Waals surface area contributed by atoms with Gasteiger partial charge in [-0.15, -0.1) is 0 Å². The van der Waals surface area contributed by atoms with Gasteiger partial charge < -0.3 is 9.84 Å². The van der Waals surface area contributed by atoms with Crippen molar-refractivity contribution in [2.24, 2.45) is 11.8 Å². The highest BCUT2D eigenvalue weighted by atomic mass is 16.5. The Balaban J connectivity index is 2.14. The van der Waals surface area contributed by atoms with E-state index in [9.17, 15) is 5.11 Å². The van der Waals surface area contributed by atoms with Gasteiger partial charge in [0.15, 0.2) is 0 Å². The van der Waals surface area contributed by atoms with Gasteiger partial charge in [0, 0.05) is 5.92 Å². The lowest BCUT2D eigenvalue weighted by atomic mass is 9.73. The lowest BCUT2D eigenvalue weighted by Crippen LogP contribution is -2.46. The molecule has 0 aromatic carbocycles. The average molecular weight is 170 g/mol. The van der Waals surface area contributed by atoms with E-state index in [2.05, 4.69) is 13.8 Å². The first-order valence-electron chi connectivity index (χ1n) is 4.97. The van der Waals surface area contributed by atoms with E-state index in [0.29, 0.717) is 5.92 Å². The van der Waals surface area contributed by atoms with Gasteiger partial charge >= 0.3 is 0 Å². The molecule has 12 heavy (non-hydrogen) atoms. The highest BCUT2D eigenvalue weighted by Gasteiger charge is 2.50. The summed E-state index contributed by atoms with van der Waals surface area (Å²) in [7, 11) is 0. The Morgan fingerprint density at radius 3 is 2.92 bits per heavy atom. The fourth-order valence-corrected chi connectivity index (χ4v) is 2.51. The molecule has 0 unspecified atom stereocenters. The molecule has 2 heteroatoms. The molecule has 0 spiro atoms. The molecule has 1 N–H and O–H groups in total. The van der Waals surface area contributed by atoms with Crippen LogP contribution >= 0.6 is 0 Å². The van der Waals surface area contributed by atoms with Gasteiger partial charge in [-0.05, 0) is 25.2 Å². The molecular formula is C10H18O2. The highest BCUT2D eigenvalue weighted by Crippen LogP contribution is 2.43. The number of ether oxygens (including phenoxy) is 1. The maximum Gasteiger partial charge on any atom is 0.0955 e. The van der Waals surface area contributed by atoms with E-state index in [1.165, 1.54) is 0 Å². The Morgan fingerprint density at radius 2 is 2.17 bits per heavy atom. The fourth-order valence-electron chi connectivity index (χ4n) is 2.51. The van der Waals surface area contributed by atoms with Gasteiger partial charge in [-0.3, -0.25) is 0 Å². The summed E-state index contributed by atoms with van der Waals surface area (Å²) in [4.78, 5) is 0. The van der Waals surface area contributed by atoms with Crippen molar-refractivity contribution in [2.75, 3.05) is 6.61 Å². The minimum absolute atomic E-state index is 0.122. The molecule has 1 aliphatic heterocycles. The summed E-state index contributed by atoms with van der Waals surface area (Å²) < 4.78 is 5.59. The van der Waals surface area contributed by atoms with Crippen LogP contribution in [0, 0.1) is 11.8 Å². The predicted octanol–water partition coefficient (Wildman–Crippen LogP) is 1.57. The standard InChI is InChI=1S/C10H18O2/c1-7-3-4-10(11)8(2)6-12-9(10)5-7/h7-9,11H,3-6H2,1-2H3/t7-,8+,9+,10-/m1/s1. The summed E-state index contributed by atoms with van der Waals surface area (Å²) in [5, 5.41) is 10.3. The van der Waals surface area contributed by atoms with Crippen molar-refractivity contribution in [3.05, 3.63) is 0 Å². The number of hydrogen-bond donors (Lipinski definition) is 1. The molecule has 0 bridgehead atoms. The largest absolute Gasteiger partial charge is 0.387 e. The fraction of sp³-hybridized carbons (Fsp3) is 1.00. The maximum absolute atomic E-state index is 10.3. The van der Waals surface area contributed by atoms with Crippen molar-refractivity contribution in [3.63, 3.8) is 0 Å². The van der Waals surface area contributed by atoms with E-state index in [0.717, 1.165) is 31.8 Å². The van der Waals surface area contributed by atoms with Crippen LogP contribution in [0.25, 0.3) is 0 Å². The van der Waals surface area contributed by atoms with Crippen LogP contribution in [0.15, 0.2) is 0 Å². The Bertz CT molecular complexity index is 181. The van der Waals surface area contributed by atoms with Crippen molar-refractivity contribution < 1.29 is 9.84 Å². The molecule has 0 amide bonds. The van der Waals surface area contributed by atoms with Crippen molar-refractivity contribution in [3.8, 4) is 0 Å². The van der Waals surface area contributed by atoms with Crippen LogP contribution in [0.4, 0.5) is 0 Å². The van der Waals surface area contributed by atoms with E-state index in [1.54, 1.807) is 0 Å². The normalized spacial score (nSPS) is 53.8. The summed E-state index contributed by atoms with van der Waals surface area (Å²) in [6.07, 6.45) is 3.25. The molecule has 2 fully saturated rings. The molecule has 0 aromatic heterocycles. The van der Waals surface area contributed by atoms with Crippen LogP contribution in [0.5, 0.6) is 0 Å². The SMILES string of the molecule is C[C@@H]1CC[C@]2(O)[C@H](C1)OC[C@@H]2C. The third-order valence-corrected chi connectivity index (χ3v) is 3.61. The topological polar surface area (TPSA) is 29.5 Å². The van der Waals surface area contributed by atoms with E-state index in [-0.39, 0.29) is 6.10 Å². The molecule has 1 saturated carbocycles. The Morgan fingerprint density at radius 1 is 1.42 bits per heavy atom. The maximum atomic E-state index is 10.3. The molecule has 1 aliphatic carbocycles. The molecule has 0 aromatic rings. The molecule has 4 atom stereocenters. The number of hydrogen-bond acceptors (Lipinski definition) is 2. The lowest BCUT2D eigenvalue weighted by Gasteiger charge is -2.38. The predicted molar refractivity (Wildman–Crippen MR) is 46.9 cm³/mol. The Kier molecular flexibility index (Phi) is 1.92. The van der Waals surface area contributed by atoms with Crippen LogP contribution in [0.1, 0.15) is 33.1 Å². The van der Waals surface area contributed by atoms with Crippen LogP contribution in [-0.2, 0) is 4.74 Å². The number of aliphatic hydroxyl groups is 1. The molecule has 70 valence electrons. The van der Waals surface area contributed by atoms with E-state index in [1.807, 2.05) is 0 Å². The molecule has 0 radical (unpaired) electrons. The van der Waals surface area contributed by atoms with Gasteiger partial charge in [0.2, 0.25) is 0 Å². The second-order valence-corrected chi connectivity index (χ2v) is 4.59. The number of fused-ring (bicyclic) bond motifs is 1. The van der Waals surface area contributed by atoms with Crippen LogP contribution in [0.2, 0.25) is 0 Å². The second kappa shape index (κ2) is 2.71. The molecule has 2 aliphatic rings. The van der Waals surface area contributed by atoms with Gasteiger partial charge in [0.25, 0.3) is 0 Å². The van der Waals surface area contributed by atoms with E-state index in [4.69, 9.17) is 4.74 Å². The van der Waals surface area contributed by atoms with Crippen molar-refractivity contribution in [1.29, 1.82) is 0 Å². The van der Waals surface area contributed by atoms with Crippen molar-refractivity contribution >= 4 is 0 Å². The summed E-state index contributed by atoms with van der Waals surface area (Å²) in [6.45, 7) is 5.08. The number of rotatable bonds is 0. The molecule has 2 nitrogen and oxygen atoms in total. The average Bonchev–Trinajstić information content (AvgIpc) is 2.31. The van der Waals surface area contributed by atoms with E-state index >= 15 is 0 Å². The van der Waals surface area contributed by atoms with Gasteiger partial charge in [0.05, 0.1) is 18.3 Å². The molecule has 1 heterocycles. The van der Waals surface area contributed by atoms with Gasteiger partial charge in [-0.25, -0.2) is 0 Å². The first-order chi connectivity index (χ1) is 5.63. The zero-order valence-corrected chi connectivity index (χ0v) is 7.92. The van der Waals surface area contributed by atoms with Gasteiger partial charge in [0.1, 0.15) is 0 Å². The minimum Gasteiger partial charge on any atom is -0.387 e. The third-order valence-electron chi connectivity index (χ3n) is 3.61. The van der Waals surface area contributed by atoms with Crippen LogP contribution in [0.3, 0.4) is 0 Å².